The molecular weight excluding hydrogens is 356 g/mol. The van der Waals surface area contributed by atoms with Crippen LogP contribution >= 0.6 is 0 Å². The van der Waals surface area contributed by atoms with Crippen LogP contribution in [0.4, 0.5) is 11.4 Å². The molecule has 0 radical (unpaired) electrons. The van der Waals surface area contributed by atoms with Crippen molar-refractivity contribution >= 4 is 23.2 Å². The number of nitrogen functional groups attached to an aromatic ring is 1. The van der Waals surface area contributed by atoms with E-state index in [0.717, 1.165) is 0 Å². The molecule has 0 bridgehead atoms. The first-order valence-corrected chi connectivity index (χ1v) is 8.78. The largest absolute Gasteiger partial charge is 0.396 e. The highest BCUT2D eigenvalue weighted by Crippen LogP contribution is 2.24. The first kappa shape index (κ1) is 19.2. The molecule has 0 fully saturated rings. The minimum atomic E-state index is -0.571. The molecule has 1 aromatic carbocycles. The monoisotopic (exact) mass is 378 g/mol. The van der Waals surface area contributed by atoms with Crippen molar-refractivity contribution in [3.63, 3.8) is 0 Å². The Labute approximate surface area is 162 Å². The summed E-state index contributed by atoms with van der Waals surface area (Å²) in [5, 5.41) is 2.72. The van der Waals surface area contributed by atoms with E-state index in [1.807, 2.05) is 20.8 Å². The van der Waals surface area contributed by atoms with Crippen LogP contribution in [0.15, 0.2) is 65.8 Å². The quantitative estimate of drug-likeness (QED) is 0.731. The highest BCUT2D eigenvalue weighted by molar-refractivity contribution is 6.06. The number of hydrogen-bond donors (Lipinski definition) is 2. The van der Waals surface area contributed by atoms with Crippen LogP contribution in [-0.4, -0.2) is 20.9 Å². The summed E-state index contributed by atoms with van der Waals surface area (Å²) in [6.07, 6.45) is 4.67. The van der Waals surface area contributed by atoms with Gasteiger partial charge in [0.05, 0.1) is 11.4 Å². The Morgan fingerprint density at radius 3 is 2.29 bits per heavy atom. The van der Waals surface area contributed by atoms with E-state index in [2.05, 4.69) is 5.32 Å². The molecular formula is C21H22N4O3. The van der Waals surface area contributed by atoms with Crippen molar-refractivity contribution in [3.8, 4) is 5.69 Å². The van der Waals surface area contributed by atoms with E-state index in [-0.39, 0.29) is 17.4 Å². The van der Waals surface area contributed by atoms with E-state index in [4.69, 9.17) is 5.73 Å². The molecule has 2 aromatic heterocycles. The summed E-state index contributed by atoms with van der Waals surface area (Å²) in [5.74, 6) is -0.489. The maximum absolute atomic E-state index is 12.5. The van der Waals surface area contributed by atoms with Gasteiger partial charge in [-0.15, -0.1) is 0 Å². The molecule has 7 heteroatoms. The second-order valence-corrected chi connectivity index (χ2v) is 7.50. The number of hydrogen-bond acceptors (Lipinski definition) is 4. The van der Waals surface area contributed by atoms with Gasteiger partial charge in [-0.25, -0.2) is 0 Å². The molecule has 0 saturated heterocycles. The topological polar surface area (TPSA) is 99.1 Å². The van der Waals surface area contributed by atoms with Crippen LogP contribution in [-0.2, 0) is 0 Å². The van der Waals surface area contributed by atoms with Gasteiger partial charge in [0.1, 0.15) is 0 Å². The standard InChI is InChI=1S/C21H22N4O3/c1-21(2,3)20(28)24-12-16(22)17(13-24)23-19(27)14-7-9-15(10-8-14)25-11-5-4-6-18(25)26/h4-13H,22H2,1-3H3,(H,23,27). The molecule has 2 heterocycles. The number of aromatic nitrogens is 2. The fourth-order valence-corrected chi connectivity index (χ4v) is 2.69. The molecule has 0 aliphatic heterocycles. The van der Waals surface area contributed by atoms with Crippen molar-refractivity contribution in [2.45, 2.75) is 20.8 Å². The SMILES string of the molecule is CC(C)(C)C(=O)n1cc(N)c(NC(=O)c2ccc(-n3ccccc3=O)cc2)c1. The number of amides is 1. The van der Waals surface area contributed by atoms with Gasteiger partial charge in [-0.1, -0.05) is 26.8 Å². The van der Waals surface area contributed by atoms with E-state index in [0.29, 0.717) is 22.6 Å². The number of benzene rings is 1. The molecule has 7 nitrogen and oxygen atoms in total. The van der Waals surface area contributed by atoms with E-state index >= 15 is 0 Å². The molecule has 0 saturated carbocycles. The number of nitrogens with one attached hydrogen (secondary N) is 1. The zero-order chi connectivity index (χ0) is 20.5. The predicted octanol–water partition coefficient (Wildman–Crippen LogP) is 3.16. The Kier molecular flexibility index (Phi) is 4.92. The molecule has 0 atom stereocenters. The van der Waals surface area contributed by atoms with Crippen molar-refractivity contribution in [2.75, 3.05) is 11.1 Å². The summed E-state index contributed by atoms with van der Waals surface area (Å²) in [6.45, 7) is 5.43. The second-order valence-electron chi connectivity index (χ2n) is 7.50. The van der Waals surface area contributed by atoms with E-state index in [9.17, 15) is 14.4 Å². The van der Waals surface area contributed by atoms with Crippen LogP contribution in [0.5, 0.6) is 0 Å². The zero-order valence-electron chi connectivity index (χ0n) is 16.0. The van der Waals surface area contributed by atoms with Gasteiger partial charge in [0.25, 0.3) is 11.5 Å². The Bertz CT molecular complexity index is 1090. The predicted molar refractivity (Wildman–Crippen MR) is 109 cm³/mol. The Morgan fingerprint density at radius 1 is 1.00 bits per heavy atom. The molecule has 3 aromatic rings. The number of nitrogens with zero attached hydrogens (tertiary/aromatic N) is 2. The average molecular weight is 378 g/mol. The maximum atomic E-state index is 12.5. The smallest absolute Gasteiger partial charge is 0.255 e. The van der Waals surface area contributed by atoms with Crippen molar-refractivity contribution < 1.29 is 9.59 Å². The van der Waals surface area contributed by atoms with Gasteiger partial charge in [-0.2, -0.15) is 0 Å². The third-order valence-corrected chi connectivity index (χ3v) is 4.21. The van der Waals surface area contributed by atoms with Crippen molar-refractivity contribution in [3.05, 3.63) is 77.0 Å². The van der Waals surface area contributed by atoms with Gasteiger partial charge in [-0.05, 0) is 30.3 Å². The lowest BCUT2D eigenvalue weighted by atomic mass is 9.96. The van der Waals surface area contributed by atoms with Crippen LogP contribution in [0.25, 0.3) is 5.69 Å². The van der Waals surface area contributed by atoms with Crippen molar-refractivity contribution in [2.24, 2.45) is 5.41 Å². The summed E-state index contributed by atoms with van der Waals surface area (Å²) >= 11 is 0. The highest BCUT2D eigenvalue weighted by atomic mass is 16.2. The Hall–Kier alpha value is -3.61. The first-order valence-electron chi connectivity index (χ1n) is 8.78. The van der Waals surface area contributed by atoms with Crippen molar-refractivity contribution in [1.82, 2.24) is 9.13 Å². The van der Waals surface area contributed by atoms with Crippen LogP contribution in [0, 0.1) is 5.41 Å². The van der Waals surface area contributed by atoms with Gasteiger partial charge < -0.3 is 11.1 Å². The number of anilines is 2. The molecule has 144 valence electrons. The van der Waals surface area contributed by atoms with Gasteiger partial charge in [-0.3, -0.25) is 23.5 Å². The normalized spacial score (nSPS) is 11.2. The maximum Gasteiger partial charge on any atom is 0.255 e. The van der Waals surface area contributed by atoms with Crippen LogP contribution < -0.4 is 16.6 Å². The van der Waals surface area contributed by atoms with Gasteiger partial charge in [0, 0.05) is 41.3 Å². The highest BCUT2D eigenvalue weighted by Gasteiger charge is 2.24. The number of carbonyl (C=O) groups is 2. The summed E-state index contributed by atoms with van der Waals surface area (Å²) < 4.78 is 2.87. The van der Waals surface area contributed by atoms with E-state index in [1.54, 1.807) is 42.6 Å². The average Bonchev–Trinajstić information content (AvgIpc) is 3.01. The Morgan fingerprint density at radius 2 is 1.68 bits per heavy atom. The zero-order valence-corrected chi connectivity index (χ0v) is 16.0. The van der Waals surface area contributed by atoms with Gasteiger partial charge in [0.2, 0.25) is 5.91 Å². The van der Waals surface area contributed by atoms with Crippen LogP contribution in [0.1, 0.15) is 35.9 Å². The lowest BCUT2D eigenvalue weighted by molar-refractivity contribution is 0.0767. The third kappa shape index (κ3) is 3.88. The van der Waals surface area contributed by atoms with Crippen LogP contribution in [0.2, 0.25) is 0 Å². The second kappa shape index (κ2) is 7.19. The summed E-state index contributed by atoms with van der Waals surface area (Å²) in [5.41, 5.74) is 6.94. The molecule has 3 rings (SSSR count). The molecule has 3 N–H and O–H groups in total. The molecule has 1 amide bonds. The fourth-order valence-electron chi connectivity index (χ4n) is 2.69. The summed E-state index contributed by atoms with van der Waals surface area (Å²) in [6, 6.07) is 11.5. The summed E-state index contributed by atoms with van der Waals surface area (Å²) in [4.78, 5) is 36.8. The minimum Gasteiger partial charge on any atom is -0.396 e. The number of carbonyl (C=O) groups excluding carboxylic acids is 2. The number of nitrogens with two attached hydrogens (primary N) is 1. The third-order valence-electron chi connectivity index (χ3n) is 4.21. The van der Waals surface area contributed by atoms with E-state index in [1.165, 1.54) is 27.6 Å². The van der Waals surface area contributed by atoms with Crippen LogP contribution in [0.3, 0.4) is 0 Å². The number of pyridine rings is 1. The Balaban J connectivity index is 1.79. The van der Waals surface area contributed by atoms with Gasteiger partial charge in [0.15, 0.2) is 0 Å². The van der Waals surface area contributed by atoms with E-state index < -0.39 is 5.41 Å². The molecule has 0 unspecified atom stereocenters. The molecule has 0 aliphatic rings. The molecule has 28 heavy (non-hydrogen) atoms. The van der Waals surface area contributed by atoms with Gasteiger partial charge >= 0.3 is 0 Å². The lowest BCUT2D eigenvalue weighted by Crippen LogP contribution is -2.25. The minimum absolute atomic E-state index is 0.127. The number of rotatable bonds is 3. The molecule has 0 spiro atoms. The molecule has 0 aliphatic carbocycles. The summed E-state index contributed by atoms with van der Waals surface area (Å²) in [7, 11) is 0. The fraction of sp³-hybridized carbons (Fsp3) is 0.190. The lowest BCUT2D eigenvalue weighted by Gasteiger charge is -2.16. The van der Waals surface area contributed by atoms with Crippen molar-refractivity contribution in [1.29, 1.82) is 0 Å². The first-order chi connectivity index (χ1) is 13.2.